The number of halogens is 2. The van der Waals surface area contributed by atoms with E-state index in [0.29, 0.717) is 38.2 Å². The molecular weight excluding hydrogens is 599 g/mol. The van der Waals surface area contributed by atoms with Crippen LogP contribution in [-0.4, -0.2) is 33.3 Å². The number of ether oxygens (including phenoxy) is 2. The molecule has 6 rings (SSSR count). The molecule has 0 radical (unpaired) electrons. The lowest BCUT2D eigenvalue weighted by molar-refractivity contribution is 0.301. The second-order valence-electron chi connectivity index (χ2n) is 8.87. The van der Waals surface area contributed by atoms with Gasteiger partial charge in [-0.15, -0.1) is 16.4 Å². The van der Waals surface area contributed by atoms with Crippen LogP contribution < -0.4 is 20.5 Å². The van der Waals surface area contributed by atoms with E-state index in [0.717, 1.165) is 17.0 Å². The minimum Gasteiger partial charge on any atom is -0.497 e. The summed E-state index contributed by atoms with van der Waals surface area (Å²) in [5, 5.41) is 16.1. The summed E-state index contributed by atoms with van der Waals surface area (Å²) in [5.41, 5.74) is 5.79. The topological polar surface area (TPSA) is 117 Å². The molecule has 0 saturated heterocycles. The minimum absolute atomic E-state index is 0.269. The van der Waals surface area contributed by atoms with Crippen LogP contribution in [0.15, 0.2) is 92.6 Å². The molecule has 0 aliphatic carbocycles. The zero-order valence-electron chi connectivity index (χ0n) is 21.8. The van der Waals surface area contributed by atoms with Gasteiger partial charge in [-0.25, -0.2) is 14.5 Å². The molecule has 10 nitrogen and oxygen atoms in total. The predicted molar refractivity (Wildman–Crippen MR) is 164 cm³/mol. The number of nitrogens with zero attached hydrogens (tertiary/aromatic N) is 5. The monoisotopic (exact) mass is 618 g/mol. The Balaban J connectivity index is 1.05. The van der Waals surface area contributed by atoms with Crippen LogP contribution in [0.3, 0.4) is 0 Å². The van der Waals surface area contributed by atoms with E-state index in [1.54, 1.807) is 35.5 Å². The molecule has 3 heterocycles. The van der Waals surface area contributed by atoms with Gasteiger partial charge in [0, 0.05) is 15.8 Å². The van der Waals surface area contributed by atoms with Crippen LogP contribution in [0, 0.1) is 0 Å². The Hall–Kier alpha value is -4.71. The third-order valence-corrected chi connectivity index (χ3v) is 7.30. The fraction of sp³-hybridized carbons (Fsp3) is 0.0690. The van der Waals surface area contributed by atoms with E-state index in [2.05, 4.69) is 25.8 Å². The number of aromatic nitrogens is 4. The summed E-state index contributed by atoms with van der Waals surface area (Å²) in [5.74, 6) is 1.45. The highest BCUT2D eigenvalue weighted by molar-refractivity contribution is 7.14. The van der Waals surface area contributed by atoms with Gasteiger partial charge in [-0.2, -0.15) is 5.10 Å². The van der Waals surface area contributed by atoms with E-state index in [-0.39, 0.29) is 17.2 Å². The van der Waals surface area contributed by atoms with Gasteiger partial charge in [-0.05, 0) is 72.3 Å². The van der Waals surface area contributed by atoms with Crippen molar-refractivity contribution >= 4 is 56.9 Å². The number of nitrogens with one attached hydrogen (secondary N) is 1. The normalized spacial score (nSPS) is 11.3. The van der Waals surface area contributed by atoms with Crippen molar-refractivity contribution in [2.45, 2.75) is 6.61 Å². The molecule has 1 N–H and O–H groups in total. The van der Waals surface area contributed by atoms with Crippen molar-refractivity contribution in [1.29, 1.82) is 0 Å². The standard InChI is InChI=1S/C29H20Cl2N6O4S/c1-39-22-8-4-21(5-9-22)37-14-20(34-36-37)15-40-23-6-2-17(3-7-23)13-32-35-29-33-26(16-42-29)24-11-18-10-19(30)12-25(31)27(18)41-28(24)38/h2-14,16H,15H2,1H3,(H,33,35)/b32-13+. The van der Waals surface area contributed by atoms with Crippen LogP contribution in [0.5, 0.6) is 11.5 Å². The molecule has 42 heavy (non-hydrogen) atoms. The van der Waals surface area contributed by atoms with Crippen LogP contribution in [-0.2, 0) is 6.61 Å². The SMILES string of the molecule is COc1ccc(-n2cc(COc3ccc(/C=N/Nc4nc(-c5cc6cc(Cl)cc(Cl)c6oc5=O)cs4)cc3)nn2)cc1. The molecular formula is C29H20Cl2N6O4S. The van der Waals surface area contributed by atoms with E-state index in [9.17, 15) is 4.79 Å². The van der Waals surface area contributed by atoms with Crippen LogP contribution >= 0.6 is 34.5 Å². The Morgan fingerprint density at radius 1 is 1.07 bits per heavy atom. The number of thiazole rings is 1. The van der Waals surface area contributed by atoms with Crippen molar-refractivity contribution in [2.24, 2.45) is 5.10 Å². The van der Waals surface area contributed by atoms with Crippen LogP contribution in [0.2, 0.25) is 10.0 Å². The summed E-state index contributed by atoms with van der Waals surface area (Å²) in [6, 6.07) is 19.8. The molecule has 13 heteroatoms. The third kappa shape index (κ3) is 6.13. The quantitative estimate of drug-likeness (QED) is 0.106. The smallest absolute Gasteiger partial charge is 0.345 e. The molecule has 0 aliphatic heterocycles. The second-order valence-corrected chi connectivity index (χ2v) is 10.6. The Kier molecular flexibility index (Phi) is 7.87. The first-order valence-electron chi connectivity index (χ1n) is 12.4. The number of hydrogen-bond acceptors (Lipinski definition) is 10. The van der Waals surface area contributed by atoms with Gasteiger partial charge in [0.05, 0.1) is 41.5 Å². The Morgan fingerprint density at radius 2 is 1.86 bits per heavy atom. The van der Waals surface area contributed by atoms with Crippen LogP contribution in [0.25, 0.3) is 27.9 Å². The summed E-state index contributed by atoms with van der Waals surface area (Å²) >= 11 is 13.5. The third-order valence-electron chi connectivity index (χ3n) is 6.05. The highest BCUT2D eigenvalue weighted by atomic mass is 35.5. The molecule has 0 unspecified atom stereocenters. The molecule has 0 aliphatic rings. The molecule has 0 bridgehead atoms. The van der Waals surface area contributed by atoms with Crippen molar-refractivity contribution in [3.8, 4) is 28.4 Å². The maximum Gasteiger partial charge on any atom is 0.345 e. The lowest BCUT2D eigenvalue weighted by Gasteiger charge is -2.04. The van der Waals surface area contributed by atoms with E-state index in [1.807, 2.05) is 54.7 Å². The number of hydrazone groups is 1. The van der Waals surface area contributed by atoms with E-state index in [4.69, 9.17) is 37.1 Å². The number of benzene rings is 3. The maximum absolute atomic E-state index is 12.5. The molecule has 0 saturated carbocycles. The Labute approximate surface area is 252 Å². The number of rotatable bonds is 9. The summed E-state index contributed by atoms with van der Waals surface area (Å²) in [7, 11) is 1.62. The molecule has 3 aromatic carbocycles. The number of fused-ring (bicyclic) bond motifs is 1. The van der Waals surface area contributed by atoms with Gasteiger partial charge in [-0.1, -0.05) is 28.4 Å². The summed E-state index contributed by atoms with van der Waals surface area (Å²) in [6.45, 7) is 0.271. The highest BCUT2D eigenvalue weighted by Crippen LogP contribution is 2.30. The number of methoxy groups -OCH3 is 1. The summed E-state index contributed by atoms with van der Waals surface area (Å²) in [6.07, 6.45) is 3.47. The van der Waals surface area contributed by atoms with Gasteiger partial charge >= 0.3 is 5.63 Å². The Morgan fingerprint density at radius 3 is 2.64 bits per heavy atom. The first kappa shape index (κ1) is 27.5. The molecule has 3 aromatic heterocycles. The van der Waals surface area contributed by atoms with Gasteiger partial charge in [-0.3, -0.25) is 5.43 Å². The number of hydrogen-bond donors (Lipinski definition) is 1. The average molecular weight is 619 g/mol. The highest BCUT2D eigenvalue weighted by Gasteiger charge is 2.14. The largest absolute Gasteiger partial charge is 0.497 e. The maximum atomic E-state index is 12.5. The molecule has 210 valence electrons. The van der Waals surface area contributed by atoms with Crippen LogP contribution in [0.1, 0.15) is 11.3 Å². The fourth-order valence-electron chi connectivity index (χ4n) is 3.98. The van der Waals surface area contributed by atoms with Crippen molar-refractivity contribution in [3.63, 3.8) is 0 Å². The molecule has 0 atom stereocenters. The van der Waals surface area contributed by atoms with Crippen molar-refractivity contribution in [1.82, 2.24) is 20.0 Å². The Bertz CT molecular complexity index is 1950. The van der Waals surface area contributed by atoms with E-state index < -0.39 is 5.63 Å². The lowest BCUT2D eigenvalue weighted by Crippen LogP contribution is -2.03. The van der Waals surface area contributed by atoms with Crippen molar-refractivity contribution < 1.29 is 13.9 Å². The zero-order valence-corrected chi connectivity index (χ0v) is 24.2. The van der Waals surface area contributed by atoms with Gasteiger partial charge in [0.15, 0.2) is 5.58 Å². The first-order valence-corrected chi connectivity index (χ1v) is 14.0. The first-order chi connectivity index (χ1) is 20.4. The summed E-state index contributed by atoms with van der Waals surface area (Å²) < 4.78 is 18.1. The molecule has 6 aromatic rings. The molecule has 0 amide bonds. The van der Waals surface area contributed by atoms with Crippen molar-refractivity contribution in [3.05, 3.63) is 110 Å². The fourth-order valence-corrected chi connectivity index (χ4v) is 5.19. The average Bonchev–Trinajstić information content (AvgIpc) is 3.67. The lowest BCUT2D eigenvalue weighted by atomic mass is 10.1. The molecule has 0 fully saturated rings. The second kappa shape index (κ2) is 12.0. The molecule has 0 spiro atoms. The number of anilines is 1. The predicted octanol–water partition coefficient (Wildman–Crippen LogP) is 6.84. The van der Waals surface area contributed by atoms with Crippen LogP contribution in [0.4, 0.5) is 5.13 Å². The zero-order chi connectivity index (χ0) is 29.1. The van der Waals surface area contributed by atoms with Gasteiger partial charge < -0.3 is 13.9 Å². The van der Waals surface area contributed by atoms with E-state index in [1.165, 1.54) is 17.4 Å². The van der Waals surface area contributed by atoms with Crippen molar-refractivity contribution in [2.75, 3.05) is 12.5 Å². The van der Waals surface area contributed by atoms with Gasteiger partial charge in [0.2, 0.25) is 5.13 Å². The minimum atomic E-state index is -0.545. The summed E-state index contributed by atoms with van der Waals surface area (Å²) in [4.78, 5) is 17.0. The van der Waals surface area contributed by atoms with E-state index >= 15 is 0 Å². The van der Waals surface area contributed by atoms with Gasteiger partial charge in [0.25, 0.3) is 0 Å². The van der Waals surface area contributed by atoms with Gasteiger partial charge in [0.1, 0.15) is 23.8 Å².